The van der Waals surface area contributed by atoms with E-state index in [4.69, 9.17) is 9.47 Å². The van der Waals surface area contributed by atoms with Crippen molar-refractivity contribution >= 4 is 15.9 Å². The highest BCUT2D eigenvalue weighted by Gasteiger charge is 2.29. The Labute approximate surface area is 148 Å². The first-order chi connectivity index (χ1) is 11.9. The molecule has 6 nitrogen and oxygen atoms in total. The molecule has 0 radical (unpaired) electrons. The zero-order chi connectivity index (χ0) is 18.4. The maximum atomic E-state index is 13.0. The molecule has 0 aliphatic carbocycles. The summed E-state index contributed by atoms with van der Waals surface area (Å²) in [5.74, 6) is 0.226. The molecule has 0 N–H and O–H groups in total. The first-order valence-corrected chi connectivity index (χ1v) is 9.19. The van der Waals surface area contributed by atoms with Crippen molar-refractivity contribution in [1.82, 2.24) is 4.31 Å². The summed E-state index contributed by atoms with van der Waals surface area (Å²) < 4.78 is 37.2. The molecule has 7 heteroatoms. The van der Waals surface area contributed by atoms with Crippen molar-refractivity contribution < 1.29 is 22.7 Å². The monoisotopic (exact) mass is 363 g/mol. The van der Waals surface area contributed by atoms with Gasteiger partial charge in [0.2, 0.25) is 5.91 Å². The van der Waals surface area contributed by atoms with Crippen LogP contribution in [-0.2, 0) is 21.4 Å². The predicted octanol–water partition coefficient (Wildman–Crippen LogP) is 2.83. The molecule has 0 aliphatic heterocycles. The molecule has 0 atom stereocenters. The molecular weight excluding hydrogens is 342 g/mol. The Morgan fingerprint density at radius 1 is 1.00 bits per heavy atom. The van der Waals surface area contributed by atoms with Crippen molar-refractivity contribution in [3.8, 4) is 11.5 Å². The topological polar surface area (TPSA) is 72.9 Å². The number of rotatable bonds is 7. The SMILES string of the molecule is CCC(=O)N(Cc1ccccc1)S(=O)(=O)c1ccc(OC)c(OC)c1. The number of carbonyl (C=O) groups excluding carboxylic acids is 1. The minimum atomic E-state index is -4.02. The van der Waals surface area contributed by atoms with Crippen LogP contribution in [0.15, 0.2) is 53.4 Å². The second-order valence-electron chi connectivity index (χ2n) is 5.26. The summed E-state index contributed by atoms with van der Waals surface area (Å²) in [5.41, 5.74) is 0.730. The number of hydrogen-bond acceptors (Lipinski definition) is 5. The Bertz CT molecular complexity index is 834. The van der Waals surface area contributed by atoms with Crippen LogP contribution in [-0.4, -0.2) is 32.8 Å². The molecule has 0 aromatic heterocycles. The molecule has 0 saturated carbocycles. The van der Waals surface area contributed by atoms with Crippen LogP contribution in [0.25, 0.3) is 0 Å². The third kappa shape index (κ3) is 4.11. The lowest BCUT2D eigenvalue weighted by atomic mass is 10.2. The summed E-state index contributed by atoms with van der Waals surface area (Å²) in [7, 11) is -1.13. The average molecular weight is 363 g/mol. The Hall–Kier alpha value is -2.54. The first kappa shape index (κ1) is 18.8. The summed E-state index contributed by atoms with van der Waals surface area (Å²) >= 11 is 0. The third-order valence-corrected chi connectivity index (χ3v) is 5.46. The molecule has 0 spiro atoms. The van der Waals surface area contributed by atoms with Gasteiger partial charge in [-0.2, -0.15) is 0 Å². The van der Waals surface area contributed by atoms with Crippen LogP contribution in [0.4, 0.5) is 0 Å². The van der Waals surface area contributed by atoms with Gasteiger partial charge in [-0.3, -0.25) is 4.79 Å². The van der Waals surface area contributed by atoms with Gasteiger partial charge in [-0.25, -0.2) is 12.7 Å². The minimum Gasteiger partial charge on any atom is -0.493 e. The summed E-state index contributed by atoms with van der Waals surface area (Å²) in [4.78, 5) is 12.3. The molecule has 0 heterocycles. The molecule has 0 saturated heterocycles. The van der Waals surface area contributed by atoms with Crippen LogP contribution < -0.4 is 9.47 Å². The normalized spacial score (nSPS) is 11.0. The number of methoxy groups -OCH3 is 2. The van der Waals surface area contributed by atoms with Crippen molar-refractivity contribution in [2.75, 3.05) is 14.2 Å². The molecule has 25 heavy (non-hydrogen) atoms. The fraction of sp³-hybridized carbons (Fsp3) is 0.278. The Morgan fingerprint density at radius 2 is 1.64 bits per heavy atom. The van der Waals surface area contributed by atoms with Crippen molar-refractivity contribution in [2.45, 2.75) is 24.8 Å². The second kappa shape index (κ2) is 8.02. The Morgan fingerprint density at radius 3 is 2.20 bits per heavy atom. The Balaban J connectivity index is 2.46. The van der Waals surface area contributed by atoms with Crippen LogP contribution in [0.1, 0.15) is 18.9 Å². The maximum absolute atomic E-state index is 13.0. The van der Waals surface area contributed by atoms with Crippen LogP contribution >= 0.6 is 0 Å². The van der Waals surface area contributed by atoms with Gasteiger partial charge in [-0.15, -0.1) is 0 Å². The van der Waals surface area contributed by atoms with E-state index in [2.05, 4.69) is 0 Å². The van der Waals surface area contributed by atoms with E-state index in [0.717, 1.165) is 9.87 Å². The largest absolute Gasteiger partial charge is 0.493 e. The van der Waals surface area contributed by atoms with Gasteiger partial charge >= 0.3 is 0 Å². The lowest BCUT2D eigenvalue weighted by molar-refractivity contribution is -0.126. The molecule has 0 aliphatic rings. The van der Waals surface area contributed by atoms with Gasteiger partial charge in [-0.05, 0) is 17.7 Å². The van der Waals surface area contributed by atoms with Crippen LogP contribution in [0.3, 0.4) is 0 Å². The van der Waals surface area contributed by atoms with Crippen molar-refractivity contribution in [2.24, 2.45) is 0 Å². The lowest BCUT2D eigenvalue weighted by Gasteiger charge is -2.22. The molecule has 2 rings (SSSR count). The standard InChI is InChI=1S/C18H21NO5S/c1-4-18(20)19(13-14-8-6-5-7-9-14)25(21,22)15-10-11-16(23-2)17(12-15)24-3/h5-12H,4,13H2,1-3H3. The molecule has 0 fully saturated rings. The van der Waals surface area contributed by atoms with Gasteiger partial charge in [0, 0.05) is 12.5 Å². The van der Waals surface area contributed by atoms with Crippen LogP contribution in [0.2, 0.25) is 0 Å². The van der Waals surface area contributed by atoms with Gasteiger partial charge in [0.05, 0.1) is 25.7 Å². The molecule has 134 valence electrons. The summed E-state index contributed by atoms with van der Waals surface area (Å²) in [6, 6.07) is 13.2. The number of benzene rings is 2. The molecule has 0 bridgehead atoms. The van der Waals surface area contributed by atoms with E-state index in [-0.39, 0.29) is 23.6 Å². The maximum Gasteiger partial charge on any atom is 0.266 e. The van der Waals surface area contributed by atoms with E-state index < -0.39 is 15.9 Å². The van der Waals surface area contributed by atoms with E-state index in [9.17, 15) is 13.2 Å². The summed E-state index contributed by atoms with van der Waals surface area (Å²) in [5, 5.41) is 0. The number of carbonyl (C=O) groups is 1. The fourth-order valence-electron chi connectivity index (χ4n) is 2.34. The molecule has 0 unspecified atom stereocenters. The second-order valence-corrected chi connectivity index (χ2v) is 7.12. The average Bonchev–Trinajstić information content (AvgIpc) is 2.65. The fourth-order valence-corrected chi connectivity index (χ4v) is 3.80. The number of hydrogen-bond donors (Lipinski definition) is 0. The van der Waals surface area contributed by atoms with Crippen molar-refractivity contribution in [3.63, 3.8) is 0 Å². The summed E-state index contributed by atoms with van der Waals surface area (Å²) in [6.45, 7) is 1.61. The van der Waals surface area contributed by atoms with Gasteiger partial charge in [0.1, 0.15) is 0 Å². The van der Waals surface area contributed by atoms with Gasteiger partial charge in [-0.1, -0.05) is 37.3 Å². The third-order valence-electron chi connectivity index (χ3n) is 3.69. The van der Waals surface area contributed by atoms with Crippen LogP contribution in [0.5, 0.6) is 11.5 Å². The quantitative estimate of drug-likeness (QED) is 0.756. The highest BCUT2D eigenvalue weighted by Crippen LogP contribution is 2.31. The highest BCUT2D eigenvalue weighted by atomic mass is 32.2. The number of nitrogens with zero attached hydrogens (tertiary/aromatic N) is 1. The first-order valence-electron chi connectivity index (χ1n) is 7.75. The van der Waals surface area contributed by atoms with E-state index in [1.165, 1.54) is 32.4 Å². The molecule has 1 amide bonds. The lowest BCUT2D eigenvalue weighted by Crippen LogP contribution is -2.36. The minimum absolute atomic E-state index is 0.0236. The molecule has 2 aromatic rings. The van der Waals surface area contributed by atoms with Gasteiger partial charge < -0.3 is 9.47 Å². The predicted molar refractivity (Wildman–Crippen MR) is 94.0 cm³/mol. The zero-order valence-corrected chi connectivity index (χ0v) is 15.2. The highest BCUT2D eigenvalue weighted by molar-refractivity contribution is 7.89. The molecule has 2 aromatic carbocycles. The number of amides is 1. The van der Waals surface area contributed by atoms with Crippen molar-refractivity contribution in [3.05, 3.63) is 54.1 Å². The van der Waals surface area contributed by atoms with E-state index >= 15 is 0 Å². The van der Waals surface area contributed by atoms with Gasteiger partial charge in [0.15, 0.2) is 11.5 Å². The van der Waals surface area contributed by atoms with Crippen LogP contribution in [0, 0.1) is 0 Å². The van der Waals surface area contributed by atoms with E-state index in [0.29, 0.717) is 5.75 Å². The number of ether oxygens (including phenoxy) is 2. The smallest absolute Gasteiger partial charge is 0.266 e. The Kier molecular flexibility index (Phi) is 6.03. The molecular formula is C18H21NO5S. The van der Waals surface area contributed by atoms with E-state index in [1.54, 1.807) is 31.2 Å². The van der Waals surface area contributed by atoms with Crippen molar-refractivity contribution in [1.29, 1.82) is 0 Å². The summed E-state index contributed by atoms with van der Waals surface area (Å²) in [6.07, 6.45) is 0.0827. The van der Waals surface area contributed by atoms with E-state index in [1.807, 2.05) is 6.07 Å². The zero-order valence-electron chi connectivity index (χ0n) is 14.4. The van der Waals surface area contributed by atoms with Gasteiger partial charge in [0.25, 0.3) is 10.0 Å². The number of sulfonamides is 1.